The van der Waals surface area contributed by atoms with Crippen LogP contribution in [0.3, 0.4) is 0 Å². The second-order valence-corrected chi connectivity index (χ2v) is 5.97. The van der Waals surface area contributed by atoms with E-state index in [9.17, 15) is 9.59 Å². The van der Waals surface area contributed by atoms with Gasteiger partial charge in [-0.05, 0) is 17.0 Å². The maximum atomic E-state index is 12.8. The van der Waals surface area contributed by atoms with Crippen LogP contribution in [0.1, 0.15) is 31.6 Å². The number of Topliss-reactive ketones (excluding diaryl/α,β-unsaturated/α-hetero) is 1. The first-order chi connectivity index (χ1) is 11.3. The molecule has 1 unspecified atom stereocenters. The fourth-order valence-corrected chi connectivity index (χ4v) is 2.95. The SMILES string of the molecule is O=C(NC(C(=O)c1ccccc1)c1ccccc1)c1cccs1. The summed E-state index contributed by atoms with van der Waals surface area (Å²) < 4.78 is 0. The van der Waals surface area contributed by atoms with Gasteiger partial charge in [0.1, 0.15) is 6.04 Å². The van der Waals surface area contributed by atoms with Crippen LogP contribution < -0.4 is 5.32 Å². The molecule has 0 aliphatic carbocycles. The predicted molar refractivity (Wildman–Crippen MR) is 91.7 cm³/mol. The Morgan fingerprint density at radius 3 is 2.09 bits per heavy atom. The second-order valence-electron chi connectivity index (χ2n) is 5.02. The van der Waals surface area contributed by atoms with E-state index in [1.54, 1.807) is 18.2 Å². The summed E-state index contributed by atoms with van der Waals surface area (Å²) in [6.45, 7) is 0. The number of thiophene rings is 1. The van der Waals surface area contributed by atoms with Crippen molar-refractivity contribution in [3.05, 3.63) is 94.2 Å². The molecule has 0 aliphatic heterocycles. The van der Waals surface area contributed by atoms with Crippen molar-refractivity contribution in [2.24, 2.45) is 0 Å². The van der Waals surface area contributed by atoms with Gasteiger partial charge in [0.05, 0.1) is 4.88 Å². The predicted octanol–water partition coefficient (Wildman–Crippen LogP) is 4.10. The lowest BCUT2D eigenvalue weighted by Crippen LogP contribution is -2.33. The molecule has 0 aliphatic rings. The van der Waals surface area contributed by atoms with Gasteiger partial charge in [0.15, 0.2) is 5.78 Å². The molecule has 2 aromatic carbocycles. The highest BCUT2D eigenvalue weighted by molar-refractivity contribution is 7.12. The molecule has 0 spiro atoms. The lowest BCUT2D eigenvalue weighted by atomic mass is 9.97. The Hall–Kier alpha value is -2.72. The van der Waals surface area contributed by atoms with E-state index in [0.29, 0.717) is 10.4 Å². The Labute approximate surface area is 138 Å². The third-order valence-electron chi connectivity index (χ3n) is 3.47. The number of benzene rings is 2. The monoisotopic (exact) mass is 321 g/mol. The Morgan fingerprint density at radius 2 is 1.48 bits per heavy atom. The molecule has 114 valence electrons. The largest absolute Gasteiger partial charge is 0.337 e. The molecular weight excluding hydrogens is 306 g/mol. The molecule has 1 N–H and O–H groups in total. The maximum absolute atomic E-state index is 12.8. The van der Waals surface area contributed by atoms with Crippen LogP contribution >= 0.6 is 11.3 Å². The summed E-state index contributed by atoms with van der Waals surface area (Å²) in [6.07, 6.45) is 0. The van der Waals surface area contributed by atoms with Gasteiger partial charge in [-0.15, -0.1) is 11.3 Å². The highest BCUT2D eigenvalue weighted by Gasteiger charge is 2.24. The minimum atomic E-state index is -0.701. The number of ketones is 1. The lowest BCUT2D eigenvalue weighted by Gasteiger charge is -2.18. The number of nitrogens with one attached hydrogen (secondary N) is 1. The first kappa shape index (κ1) is 15.2. The van der Waals surface area contributed by atoms with Crippen molar-refractivity contribution >= 4 is 23.0 Å². The van der Waals surface area contributed by atoms with Gasteiger partial charge < -0.3 is 5.32 Å². The minimum Gasteiger partial charge on any atom is -0.337 e. The summed E-state index contributed by atoms with van der Waals surface area (Å²) in [5.74, 6) is -0.361. The molecule has 3 rings (SSSR count). The Bertz CT molecular complexity index is 783. The van der Waals surface area contributed by atoms with Crippen LogP contribution in [-0.4, -0.2) is 11.7 Å². The Balaban J connectivity index is 1.91. The molecule has 0 saturated heterocycles. The molecule has 1 atom stereocenters. The van der Waals surface area contributed by atoms with Gasteiger partial charge in [0.2, 0.25) is 0 Å². The summed E-state index contributed by atoms with van der Waals surface area (Å²) in [7, 11) is 0. The maximum Gasteiger partial charge on any atom is 0.262 e. The summed E-state index contributed by atoms with van der Waals surface area (Å²) in [5.41, 5.74) is 1.35. The van der Waals surface area contributed by atoms with E-state index >= 15 is 0 Å². The van der Waals surface area contributed by atoms with Crippen LogP contribution in [0.25, 0.3) is 0 Å². The minimum absolute atomic E-state index is 0.123. The van der Waals surface area contributed by atoms with Gasteiger partial charge in [0, 0.05) is 5.56 Å². The zero-order valence-corrected chi connectivity index (χ0v) is 13.1. The molecule has 23 heavy (non-hydrogen) atoms. The van der Waals surface area contributed by atoms with Crippen LogP contribution in [0.2, 0.25) is 0 Å². The first-order valence-electron chi connectivity index (χ1n) is 7.24. The molecule has 3 nitrogen and oxygen atoms in total. The van der Waals surface area contributed by atoms with Crippen LogP contribution in [0.4, 0.5) is 0 Å². The summed E-state index contributed by atoms with van der Waals surface area (Å²) in [5, 5.41) is 4.69. The van der Waals surface area contributed by atoms with E-state index in [1.165, 1.54) is 11.3 Å². The molecule has 3 aromatic rings. The number of amides is 1. The van der Waals surface area contributed by atoms with Crippen LogP contribution in [0.15, 0.2) is 78.2 Å². The van der Waals surface area contributed by atoms with Gasteiger partial charge in [-0.2, -0.15) is 0 Å². The number of carbonyl (C=O) groups excluding carboxylic acids is 2. The van der Waals surface area contributed by atoms with Crippen molar-refractivity contribution in [1.29, 1.82) is 0 Å². The van der Waals surface area contributed by atoms with Gasteiger partial charge in [0.25, 0.3) is 5.91 Å². The van der Waals surface area contributed by atoms with Gasteiger partial charge in [-0.25, -0.2) is 0 Å². The standard InChI is InChI=1S/C19H15NO2S/c21-18(15-10-5-2-6-11-15)17(14-8-3-1-4-9-14)20-19(22)16-12-7-13-23-16/h1-13,17H,(H,20,22). The topological polar surface area (TPSA) is 46.2 Å². The van der Waals surface area contributed by atoms with Crippen LogP contribution in [0.5, 0.6) is 0 Å². The van der Waals surface area contributed by atoms with Gasteiger partial charge >= 0.3 is 0 Å². The van der Waals surface area contributed by atoms with Crippen molar-refractivity contribution in [2.45, 2.75) is 6.04 Å². The number of hydrogen-bond donors (Lipinski definition) is 1. The number of hydrogen-bond acceptors (Lipinski definition) is 3. The van der Waals surface area contributed by atoms with E-state index < -0.39 is 6.04 Å². The summed E-state index contributed by atoms with van der Waals surface area (Å²) in [4.78, 5) is 25.8. The van der Waals surface area contributed by atoms with Crippen LogP contribution in [-0.2, 0) is 0 Å². The average Bonchev–Trinajstić information content (AvgIpc) is 3.15. The van der Waals surface area contributed by atoms with Gasteiger partial charge in [-0.1, -0.05) is 66.7 Å². The molecular formula is C19H15NO2S. The second kappa shape index (κ2) is 7.03. The van der Waals surface area contributed by atoms with E-state index in [-0.39, 0.29) is 11.7 Å². The number of rotatable bonds is 5. The first-order valence-corrected chi connectivity index (χ1v) is 8.12. The zero-order chi connectivity index (χ0) is 16.1. The zero-order valence-electron chi connectivity index (χ0n) is 12.3. The molecule has 0 bridgehead atoms. The van der Waals surface area contributed by atoms with E-state index in [2.05, 4.69) is 5.32 Å². The quantitative estimate of drug-likeness (QED) is 0.719. The van der Waals surface area contributed by atoms with Crippen molar-refractivity contribution in [2.75, 3.05) is 0 Å². The van der Waals surface area contributed by atoms with E-state index in [0.717, 1.165) is 5.56 Å². The molecule has 0 fully saturated rings. The lowest BCUT2D eigenvalue weighted by molar-refractivity contribution is 0.0859. The smallest absolute Gasteiger partial charge is 0.262 e. The molecule has 0 radical (unpaired) electrons. The van der Waals surface area contributed by atoms with Crippen molar-refractivity contribution < 1.29 is 9.59 Å². The fraction of sp³-hybridized carbons (Fsp3) is 0.0526. The summed E-state index contributed by atoms with van der Waals surface area (Å²) in [6, 6.07) is 21.2. The normalized spacial score (nSPS) is 11.7. The fourth-order valence-electron chi connectivity index (χ4n) is 2.32. The van der Waals surface area contributed by atoms with Crippen molar-refractivity contribution in [3.63, 3.8) is 0 Å². The van der Waals surface area contributed by atoms with Gasteiger partial charge in [-0.3, -0.25) is 9.59 Å². The number of carbonyl (C=O) groups is 2. The summed E-state index contributed by atoms with van der Waals surface area (Å²) >= 11 is 1.35. The van der Waals surface area contributed by atoms with E-state index in [4.69, 9.17) is 0 Å². The van der Waals surface area contributed by atoms with Crippen molar-refractivity contribution in [3.8, 4) is 0 Å². The highest BCUT2D eigenvalue weighted by Crippen LogP contribution is 2.20. The van der Waals surface area contributed by atoms with E-state index in [1.807, 2.05) is 60.0 Å². The third-order valence-corrected chi connectivity index (χ3v) is 4.34. The molecule has 0 saturated carbocycles. The molecule has 1 heterocycles. The van der Waals surface area contributed by atoms with Crippen molar-refractivity contribution in [1.82, 2.24) is 5.32 Å². The average molecular weight is 321 g/mol. The highest BCUT2D eigenvalue weighted by atomic mass is 32.1. The third kappa shape index (κ3) is 3.55. The Morgan fingerprint density at radius 1 is 0.826 bits per heavy atom. The molecule has 1 aromatic heterocycles. The molecule has 1 amide bonds. The Kier molecular flexibility index (Phi) is 4.64. The molecule has 4 heteroatoms. The van der Waals surface area contributed by atoms with Crippen LogP contribution in [0, 0.1) is 0 Å².